The predicted molar refractivity (Wildman–Crippen MR) is 110 cm³/mol. The van der Waals surface area contributed by atoms with Crippen LogP contribution in [-0.2, 0) is 6.42 Å². The van der Waals surface area contributed by atoms with Gasteiger partial charge in [-0.1, -0.05) is 30.3 Å². The lowest BCUT2D eigenvalue weighted by atomic mass is 10.2. The van der Waals surface area contributed by atoms with E-state index in [-0.39, 0.29) is 24.4 Å². The van der Waals surface area contributed by atoms with Gasteiger partial charge in [0.15, 0.2) is 0 Å². The molecule has 0 aliphatic rings. The molecule has 138 valence electrons. The number of carbonyl (C=O) groups is 1. The topological polar surface area (TPSA) is 80.9 Å². The first-order chi connectivity index (χ1) is 12.1. The van der Waals surface area contributed by atoms with E-state index in [2.05, 4.69) is 15.3 Å². The maximum atomic E-state index is 12.4. The van der Waals surface area contributed by atoms with Crippen LogP contribution in [0.5, 0.6) is 0 Å². The van der Waals surface area contributed by atoms with Crippen molar-refractivity contribution in [3.63, 3.8) is 0 Å². The van der Waals surface area contributed by atoms with Gasteiger partial charge in [-0.3, -0.25) is 4.79 Å². The lowest BCUT2D eigenvalue weighted by Gasteiger charge is -2.11. The third-order valence-corrected chi connectivity index (χ3v) is 6.03. The lowest BCUT2D eigenvalue weighted by Crippen LogP contribution is -2.26. The van der Waals surface area contributed by atoms with Crippen LogP contribution in [0.3, 0.4) is 0 Å². The molecule has 2 aromatic heterocycles. The number of hydrogen-bond donors (Lipinski definition) is 2. The predicted octanol–water partition coefficient (Wildman–Crippen LogP) is 3.99. The van der Waals surface area contributed by atoms with E-state index in [1.54, 1.807) is 16.7 Å². The Morgan fingerprint density at radius 1 is 1.27 bits per heavy atom. The number of nitrogens with two attached hydrogens (primary N) is 1. The molecule has 0 fully saturated rings. The summed E-state index contributed by atoms with van der Waals surface area (Å²) in [4.78, 5) is 22.5. The minimum absolute atomic E-state index is 0. The van der Waals surface area contributed by atoms with Crippen LogP contribution < -0.4 is 11.1 Å². The lowest BCUT2D eigenvalue weighted by molar-refractivity contribution is 0.0936. The molecule has 0 spiro atoms. The van der Waals surface area contributed by atoms with Gasteiger partial charge >= 0.3 is 0 Å². The van der Waals surface area contributed by atoms with E-state index >= 15 is 0 Å². The fourth-order valence-electron chi connectivity index (χ4n) is 2.50. The highest BCUT2D eigenvalue weighted by atomic mass is 35.5. The summed E-state index contributed by atoms with van der Waals surface area (Å²) in [6.45, 7) is 4.48. The number of nitrogens with one attached hydrogen (secondary N) is 1. The van der Waals surface area contributed by atoms with Gasteiger partial charge in [-0.25, -0.2) is 9.97 Å². The van der Waals surface area contributed by atoms with Crippen LogP contribution in [0.1, 0.15) is 39.0 Å². The monoisotopic (exact) mass is 408 g/mol. The van der Waals surface area contributed by atoms with E-state index in [9.17, 15) is 4.79 Å². The maximum absolute atomic E-state index is 12.4. The molecule has 3 rings (SSSR count). The van der Waals surface area contributed by atoms with E-state index in [4.69, 9.17) is 5.73 Å². The van der Waals surface area contributed by atoms with Gasteiger partial charge in [0.1, 0.15) is 10.7 Å². The van der Waals surface area contributed by atoms with Crippen LogP contribution >= 0.6 is 35.1 Å². The van der Waals surface area contributed by atoms with E-state index < -0.39 is 0 Å². The Bertz CT molecular complexity index is 863. The molecule has 3 aromatic rings. The fourth-order valence-corrected chi connectivity index (χ4v) is 4.37. The number of amides is 1. The zero-order chi connectivity index (χ0) is 17.8. The fraction of sp³-hybridized carbons (Fsp3) is 0.278. The van der Waals surface area contributed by atoms with Crippen LogP contribution in [0.25, 0.3) is 10.6 Å². The van der Waals surface area contributed by atoms with Gasteiger partial charge < -0.3 is 11.1 Å². The van der Waals surface area contributed by atoms with Crippen molar-refractivity contribution in [1.29, 1.82) is 0 Å². The van der Waals surface area contributed by atoms with Gasteiger partial charge in [0.05, 0.1) is 21.6 Å². The molecule has 0 saturated carbocycles. The van der Waals surface area contributed by atoms with Crippen molar-refractivity contribution in [3.05, 3.63) is 57.0 Å². The maximum Gasteiger partial charge on any atom is 0.271 e. The first-order valence-corrected chi connectivity index (χ1v) is 9.76. The number of carbonyl (C=O) groups excluding carboxylic acids is 1. The molecule has 1 aromatic carbocycles. The molecule has 1 atom stereocenters. The van der Waals surface area contributed by atoms with Crippen molar-refractivity contribution in [2.24, 2.45) is 5.73 Å². The molecule has 0 radical (unpaired) electrons. The highest BCUT2D eigenvalue weighted by Gasteiger charge is 2.19. The molecule has 0 bridgehead atoms. The number of hydrogen-bond acceptors (Lipinski definition) is 6. The molecule has 0 saturated heterocycles. The number of benzene rings is 1. The third kappa shape index (κ3) is 4.67. The Balaban J connectivity index is 0.00000243. The number of nitrogens with zero attached hydrogens (tertiary/aromatic N) is 2. The van der Waals surface area contributed by atoms with Crippen molar-refractivity contribution in [2.75, 3.05) is 6.54 Å². The molecular formula is C18H21ClN4OS2. The van der Waals surface area contributed by atoms with Crippen LogP contribution in [0.15, 0.2) is 35.7 Å². The van der Waals surface area contributed by atoms with Crippen molar-refractivity contribution < 1.29 is 4.79 Å². The quantitative estimate of drug-likeness (QED) is 0.646. The molecule has 1 amide bonds. The zero-order valence-corrected chi connectivity index (χ0v) is 17.0. The number of rotatable bonds is 6. The second-order valence-corrected chi connectivity index (χ2v) is 7.67. The Labute approximate surface area is 167 Å². The number of aromatic nitrogens is 2. The van der Waals surface area contributed by atoms with Crippen LogP contribution in [-0.4, -0.2) is 22.4 Å². The molecule has 8 heteroatoms. The average molecular weight is 409 g/mol. The van der Waals surface area contributed by atoms with Gasteiger partial charge in [0.2, 0.25) is 0 Å². The Hall–Kier alpha value is -1.80. The summed E-state index contributed by atoms with van der Waals surface area (Å²) in [6, 6.07) is 9.94. The first-order valence-electron chi connectivity index (χ1n) is 8.06. The Morgan fingerprint density at radius 2 is 2.00 bits per heavy atom. The van der Waals surface area contributed by atoms with E-state index in [1.165, 1.54) is 11.3 Å². The van der Waals surface area contributed by atoms with Gasteiger partial charge in [0, 0.05) is 17.4 Å². The van der Waals surface area contributed by atoms with E-state index in [0.29, 0.717) is 18.7 Å². The average Bonchev–Trinajstić information content (AvgIpc) is 3.23. The van der Waals surface area contributed by atoms with Crippen molar-refractivity contribution in [1.82, 2.24) is 15.3 Å². The molecule has 26 heavy (non-hydrogen) atoms. The highest BCUT2D eigenvalue weighted by Crippen LogP contribution is 2.31. The van der Waals surface area contributed by atoms with Crippen molar-refractivity contribution in [2.45, 2.75) is 26.3 Å². The van der Waals surface area contributed by atoms with Crippen molar-refractivity contribution in [3.8, 4) is 10.6 Å². The molecule has 2 heterocycles. The SMILES string of the molecule is Cc1nc(-c2ccccc2)sc1C(C)NC(=O)c1csc(CCN)n1.Cl. The standard InChI is InChI=1S/C18H20N4OS2.ClH/c1-11(20-17(23)14-10-24-15(22-14)8-9-19)16-12(2)21-18(25-16)13-6-4-3-5-7-13;/h3-7,10-11H,8-9,19H2,1-2H3,(H,20,23);1H. The smallest absolute Gasteiger partial charge is 0.271 e. The normalized spacial score (nSPS) is 11.7. The second kappa shape index (κ2) is 9.23. The van der Waals surface area contributed by atoms with Gasteiger partial charge in [0.25, 0.3) is 5.91 Å². The zero-order valence-electron chi connectivity index (χ0n) is 14.6. The molecule has 0 aliphatic heterocycles. The second-order valence-electron chi connectivity index (χ2n) is 5.70. The van der Waals surface area contributed by atoms with Crippen LogP contribution in [0.2, 0.25) is 0 Å². The molecule has 5 nitrogen and oxygen atoms in total. The Morgan fingerprint density at radius 3 is 2.69 bits per heavy atom. The van der Waals surface area contributed by atoms with Gasteiger partial charge in [-0.15, -0.1) is 35.1 Å². The molecule has 1 unspecified atom stereocenters. The largest absolute Gasteiger partial charge is 0.343 e. The summed E-state index contributed by atoms with van der Waals surface area (Å²) in [6.07, 6.45) is 0.696. The summed E-state index contributed by atoms with van der Waals surface area (Å²) in [5, 5.41) is 6.65. The summed E-state index contributed by atoms with van der Waals surface area (Å²) in [7, 11) is 0. The summed E-state index contributed by atoms with van der Waals surface area (Å²) >= 11 is 3.08. The number of aryl methyl sites for hydroxylation is 1. The molecular weight excluding hydrogens is 388 g/mol. The minimum Gasteiger partial charge on any atom is -0.343 e. The molecule has 3 N–H and O–H groups in total. The van der Waals surface area contributed by atoms with E-state index in [1.807, 2.05) is 44.2 Å². The summed E-state index contributed by atoms with van der Waals surface area (Å²) in [5.41, 5.74) is 8.01. The first kappa shape index (κ1) is 20.5. The van der Waals surface area contributed by atoms with Crippen LogP contribution in [0, 0.1) is 6.92 Å². The van der Waals surface area contributed by atoms with Gasteiger partial charge in [-0.2, -0.15) is 0 Å². The summed E-state index contributed by atoms with van der Waals surface area (Å²) < 4.78 is 0. The van der Waals surface area contributed by atoms with Crippen LogP contribution in [0.4, 0.5) is 0 Å². The summed E-state index contributed by atoms with van der Waals surface area (Å²) in [5.74, 6) is -0.166. The van der Waals surface area contributed by atoms with Crippen molar-refractivity contribution >= 4 is 41.0 Å². The number of halogens is 1. The van der Waals surface area contributed by atoms with Gasteiger partial charge in [-0.05, 0) is 20.4 Å². The van der Waals surface area contributed by atoms with E-state index in [0.717, 1.165) is 26.1 Å². The third-order valence-electron chi connectivity index (χ3n) is 3.74. The Kier molecular flexibility index (Phi) is 7.28. The highest BCUT2D eigenvalue weighted by molar-refractivity contribution is 7.15. The number of thiazole rings is 2. The molecule has 0 aliphatic carbocycles. The minimum atomic E-state index is -0.166.